The molecule has 0 fully saturated rings. The summed E-state index contributed by atoms with van der Waals surface area (Å²) in [5, 5.41) is 12.0. The Bertz CT molecular complexity index is 590. The number of benzene rings is 2. The number of aromatic hydroxyl groups is 1. The van der Waals surface area contributed by atoms with Gasteiger partial charge >= 0.3 is 6.18 Å². The summed E-state index contributed by atoms with van der Waals surface area (Å²) in [6.45, 7) is 0.104. The van der Waals surface area contributed by atoms with Crippen molar-refractivity contribution in [1.29, 1.82) is 0 Å². The second-order valence-corrected chi connectivity index (χ2v) is 4.25. The Kier molecular flexibility index (Phi) is 3.83. The SMILES string of the molecule is Oc1cc(F)cc(CNc2cccc(C(F)(F)F)c2)c1. The molecule has 0 unspecified atom stereocenters. The first-order chi connectivity index (χ1) is 9.34. The number of hydrogen-bond acceptors (Lipinski definition) is 2. The molecule has 0 aliphatic rings. The standard InChI is InChI=1S/C14H11F4NO/c15-11-4-9(5-13(20)7-11)8-19-12-3-1-2-10(6-12)14(16,17)18/h1-7,19-20H,8H2. The zero-order valence-corrected chi connectivity index (χ0v) is 10.2. The summed E-state index contributed by atoms with van der Waals surface area (Å²) in [6, 6.07) is 8.19. The predicted octanol–water partition coefficient (Wildman–Crippen LogP) is 4.16. The van der Waals surface area contributed by atoms with E-state index in [4.69, 9.17) is 0 Å². The van der Waals surface area contributed by atoms with Crippen molar-refractivity contribution in [2.45, 2.75) is 12.7 Å². The van der Waals surface area contributed by atoms with Crippen LogP contribution in [-0.2, 0) is 12.7 Å². The molecule has 2 rings (SSSR count). The van der Waals surface area contributed by atoms with Gasteiger partial charge in [0.05, 0.1) is 5.56 Å². The summed E-state index contributed by atoms with van der Waals surface area (Å²) < 4.78 is 50.6. The molecule has 0 bridgehead atoms. The van der Waals surface area contributed by atoms with Gasteiger partial charge in [-0.3, -0.25) is 0 Å². The maximum absolute atomic E-state index is 13.0. The van der Waals surface area contributed by atoms with Crippen LogP contribution < -0.4 is 5.32 Å². The minimum atomic E-state index is -4.41. The Morgan fingerprint density at radius 3 is 2.45 bits per heavy atom. The van der Waals surface area contributed by atoms with Gasteiger partial charge in [-0.15, -0.1) is 0 Å². The summed E-state index contributed by atoms with van der Waals surface area (Å²) in [7, 11) is 0. The average Bonchev–Trinajstić information content (AvgIpc) is 2.35. The Morgan fingerprint density at radius 1 is 1.05 bits per heavy atom. The van der Waals surface area contributed by atoms with Crippen molar-refractivity contribution < 1.29 is 22.7 Å². The maximum Gasteiger partial charge on any atom is 0.416 e. The van der Waals surface area contributed by atoms with Crippen molar-refractivity contribution in [3.8, 4) is 5.75 Å². The van der Waals surface area contributed by atoms with Crippen LogP contribution in [0.25, 0.3) is 0 Å². The van der Waals surface area contributed by atoms with Gasteiger partial charge in [0, 0.05) is 18.3 Å². The monoisotopic (exact) mass is 285 g/mol. The van der Waals surface area contributed by atoms with Gasteiger partial charge in [-0.1, -0.05) is 6.07 Å². The smallest absolute Gasteiger partial charge is 0.416 e. The highest BCUT2D eigenvalue weighted by molar-refractivity contribution is 5.47. The molecule has 0 spiro atoms. The fourth-order valence-electron chi connectivity index (χ4n) is 1.75. The van der Waals surface area contributed by atoms with Crippen molar-refractivity contribution in [2.24, 2.45) is 0 Å². The Balaban J connectivity index is 2.11. The molecular formula is C14H11F4NO. The van der Waals surface area contributed by atoms with Gasteiger partial charge in [0.2, 0.25) is 0 Å². The second-order valence-electron chi connectivity index (χ2n) is 4.25. The number of alkyl halides is 3. The van der Waals surface area contributed by atoms with E-state index in [2.05, 4.69) is 5.32 Å². The predicted molar refractivity (Wildman–Crippen MR) is 66.8 cm³/mol. The Hall–Kier alpha value is -2.24. The van der Waals surface area contributed by atoms with E-state index in [1.807, 2.05) is 0 Å². The van der Waals surface area contributed by atoms with E-state index in [1.54, 1.807) is 0 Å². The lowest BCUT2D eigenvalue weighted by Crippen LogP contribution is -2.06. The molecule has 0 atom stereocenters. The number of phenolic OH excluding ortho intramolecular Hbond substituents is 1. The van der Waals surface area contributed by atoms with E-state index >= 15 is 0 Å². The molecule has 0 aliphatic heterocycles. The van der Waals surface area contributed by atoms with Crippen molar-refractivity contribution in [2.75, 3.05) is 5.32 Å². The summed E-state index contributed by atoms with van der Waals surface area (Å²) in [5.74, 6) is -0.836. The van der Waals surface area contributed by atoms with Gasteiger partial charge in [-0.2, -0.15) is 13.2 Å². The van der Waals surface area contributed by atoms with E-state index in [-0.39, 0.29) is 18.0 Å². The van der Waals surface area contributed by atoms with Crippen molar-refractivity contribution in [3.63, 3.8) is 0 Å². The molecule has 6 heteroatoms. The van der Waals surface area contributed by atoms with Gasteiger partial charge in [-0.05, 0) is 35.9 Å². The minimum Gasteiger partial charge on any atom is -0.508 e. The highest BCUT2D eigenvalue weighted by Crippen LogP contribution is 2.30. The molecule has 20 heavy (non-hydrogen) atoms. The van der Waals surface area contributed by atoms with Crippen LogP contribution in [0.1, 0.15) is 11.1 Å². The topological polar surface area (TPSA) is 32.3 Å². The van der Waals surface area contributed by atoms with Crippen LogP contribution in [0.3, 0.4) is 0 Å². The first kappa shape index (κ1) is 14.2. The molecule has 2 nitrogen and oxygen atoms in total. The number of rotatable bonds is 3. The van der Waals surface area contributed by atoms with Crippen LogP contribution >= 0.6 is 0 Å². The normalized spacial score (nSPS) is 11.4. The van der Waals surface area contributed by atoms with Crippen molar-refractivity contribution in [3.05, 3.63) is 59.4 Å². The van der Waals surface area contributed by atoms with Crippen LogP contribution in [0.4, 0.5) is 23.2 Å². The molecule has 0 radical (unpaired) electrons. The van der Waals surface area contributed by atoms with Crippen LogP contribution in [-0.4, -0.2) is 5.11 Å². The maximum atomic E-state index is 13.0. The number of phenols is 1. The molecule has 2 N–H and O–H groups in total. The van der Waals surface area contributed by atoms with Crippen LogP contribution in [0.5, 0.6) is 5.75 Å². The number of hydrogen-bond donors (Lipinski definition) is 2. The molecule has 2 aromatic rings. The zero-order valence-electron chi connectivity index (χ0n) is 10.2. The fourth-order valence-corrected chi connectivity index (χ4v) is 1.75. The number of anilines is 1. The number of halogens is 4. The Morgan fingerprint density at radius 2 is 1.80 bits per heavy atom. The lowest BCUT2D eigenvalue weighted by molar-refractivity contribution is -0.137. The summed E-state index contributed by atoms with van der Waals surface area (Å²) in [4.78, 5) is 0. The van der Waals surface area contributed by atoms with E-state index in [0.29, 0.717) is 5.56 Å². The minimum absolute atomic E-state index is 0.104. The second kappa shape index (κ2) is 5.40. The molecule has 0 saturated carbocycles. The third-order valence-electron chi connectivity index (χ3n) is 2.63. The number of nitrogens with one attached hydrogen (secondary N) is 1. The lowest BCUT2D eigenvalue weighted by Gasteiger charge is -2.11. The fraction of sp³-hybridized carbons (Fsp3) is 0.143. The first-order valence-corrected chi connectivity index (χ1v) is 5.74. The zero-order chi connectivity index (χ0) is 14.8. The molecule has 0 heterocycles. The van der Waals surface area contributed by atoms with Crippen molar-refractivity contribution in [1.82, 2.24) is 0 Å². The third-order valence-corrected chi connectivity index (χ3v) is 2.63. The molecular weight excluding hydrogens is 274 g/mol. The summed E-state index contributed by atoms with van der Waals surface area (Å²) in [5.41, 5.74) is -0.0620. The quantitative estimate of drug-likeness (QED) is 0.830. The molecule has 0 aliphatic carbocycles. The molecule has 106 valence electrons. The van der Waals surface area contributed by atoms with E-state index < -0.39 is 17.6 Å². The molecule has 0 aromatic heterocycles. The third kappa shape index (κ3) is 3.63. The molecule has 0 saturated heterocycles. The molecule has 0 amide bonds. The summed E-state index contributed by atoms with van der Waals surface area (Å²) >= 11 is 0. The van der Waals surface area contributed by atoms with Crippen LogP contribution in [0.2, 0.25) is 0 Å². The first-order valence-electron chi connectivity index (χ1n) is 5.74. The van der Waals surface area contributed by atoms with Gasteiger partial charge in [-0.25, -0.2) is 4.39 Å². The summed E-state index contributed by atoms with van der Waals surface area (Å²) in [6.07, 6.45) is -4.41. The van der Waals surface area contributed by atoms with Gasteiger partial charge in [0.1, 0.15) is 11.6 Å². The van der Waals surface area contributed by atoms with E-state index in [1.165, 1.54) is 24.3 Å². The van der Waals surface area contributed by atoms with Crippen molar-refractivity contribution >= 4 is 5.69 Å². The lowest BCUT2D eigenvalue weighted by atomic mass is 10.1. The van der Waals surface area contributed by atoms with E-state index in [0.717, 1.165) is 18.2 Å². The van der Waals surface area contributed by atoms with Gasteiger partial charge < -0.3 is 10.4 Å². The van der Waals surface area contributed by atoms with Gasteiger partial charge in [0.25, 0.3) is 0 Å². The largest absolute Gasteiger partial charge is 0.508 e. The van der Waals surface area contributed by atoms with Gasteiger partial charge in [0.15, 0.2) is 0 Å². The Labute approximate surface area is 112 Å². The highest BCUT2D eigenvalue weighted by Gasteiger charge is 2.30. The van der Waals surface area contributed by atoms with Crippen LogP contribution in [0, 0.1) is 5.82 Å². The average molecular weight is 285 g/mol. The highest BCUT2D eigenvalue weighted by atomic mass is 19.4. The van der Waals surface area contributed by atoms with Crippen LogP contribution in [0.15, 0.2) is 42.5 Å². The van der Waals surface area contributed by atoms with E-state index in [9.17, 15) is 22.7 Å². The molecule has 2 aromatic carbocycles.